The molecule has 1 atom stereocenters. The van der Waals surface area contributed by atoms with Crippen molar-refractivity contribution < 1.29 is 13.9 Å². The summed E-state index contributed by atoms with van der Waals surface area (Å²) in [6, 6.07) is 7.78. The lowest BCUT2D eigenvalue weighted by atomic mass is 10.0. The third-order valence-electron chi connectivity index (χ3n) is 1.75. The summed E-state index contributed by atoms with van der Waals surface area (Å²) < 4.78 is 25.7. The quantitative estimate of drug-likeness (QED) is 0.716. The van der Waals surface area contributed by atoms with Gasteiger partial charge in [0.1, 0.15) is 6.10 Å². The summed E-state index contributed by atoms with van der Waals surface area (Å²) in [4.78, 5) is 0. The third kappa shape index (κ3) is 2.12. The molecule has 0 aliphatic carbocycles. The zero-order valence-corrected chi connectivity index (χ0v) is 6.95. The van der Waals surface area contributed by atoms with Gasteiger partial charge in [-0.3, -0.25) is 0 Å². The lowest BCUT2D eigenvalue weighted by molar-refractivity contribution is -0.0712. The highest BCUT2D eigenvalue weighted by molar-refractivity contribution is 5.20. The minimum absolute atomic E-state index is 0.187. The lowest BCUT2D eigenvalue weighted by Crippen LogP contribution is -2.23. The summed E-state index contributed by atoms with van der Waals surface area (Å²) >= 11 is 0. The molecule has 0 aliphatic heterocycles. The van der Waals surface area contributed by atoms with Crippen molar-refractivity contribution in [2.45, 2.75) is 12.0 Å². The fourth-order valence-electron chi connectivity index (χ4n) is 0.969. The second-order valence-electron chi connectivity index (χ2n) is 2.69. The van der Waals surface area contributed by atoms with Gasteiger partial charge in [-0.1, -0.05) is 36.9 Å². The first kappa shape index (κ1) is 9.86. The van der Waals surface area contributed by atoms with E-state index in [-0.39, 0.29) is 5.56 Å². The maximum atomic E-state index is 12.9. The summed E-state index contributed by atoms with van der Waals surface area (Å²) in [5.41, 5.74) is 0.187. The van der Waals surface area contributed by atoms with Crippen LogP contribution in [0, 0.1) is 0 Å². The molecule has 1 N–H and O–H groups in total. The molecule has 1 aromatic carbocycles. The molecule has 1 rings (SSSR count). The van der Waals surface area contributed by atoms with Crippen molar-refractivity contribution in [3.05, 3.63) is 48.6 Å². The van der Waals surface area contributed by atoms with E-state index >= 15 is 0 Å². The number of aliphatic hydroxyl groups excluding tert-OH is 1. The molecular formula is C10H10F2O. The van der Waals surface area contributed by atoms with E-state index in [2.05, 4.69) is 6.58 Å². The molecule has 0 radical (unpaired) electrons. The zero-order chi connectivity index (χ0) is 9.90. The van der Waals surface area contributed by atoms with Gasteiger partial charge in [0.25, 0.3) is 5.92 Å². The molecule has 0 saturated heterocycles. The van der Waals surface area contributed by atoms with Crippen molar-refractivity contribution in [1.29, 1.82) is 0 Å². The molecule has 0 aliphatic rings. The maximum Gasteiger partial charge on any atom is 0.295 e. The first-order valence-corrected chi connectivity index (χ1v) is 3.82. The summed E-state index contributed by atoms with van der Waals surface area (Å²) in [7, 11) is 0. The second-order valence-corrected chi connectivity index (χ2v) is 2.69. The standard InChI is InChI=1S/C10H10F2O/c1-2-10(11,12)9(13)8-6-4-3-5-7-8/h2-7,9,13H,1H2. The van der Waals surface area contributed by atoms with Crippen LogP contribution in [-0.4, -0.2) is 11.0 Å². The van der Waals surface area contributed by atoms with E-state index in [9.17, 15) is 13.9 Å². The second kappa shape index (κ2) is 3.66. The van der Waals surface area contributed by atoms with E-state index in [0.29, 0.717) is 6.08 Å². The molecule has 0 heterocycles. The molecule has 70 valence electrons. The highest BCUT2D eigenvalue weighted by Gasteiger charge is 2.35. The van der Waals surface area contributed by atoms with Gasteiger partial charge in [-0.15, -0.1) is 0 Å². The van der Waals surface area contributed by atoms with Crippen LogP contribution in [0.3, 0.4) is 0 Å². The fraction of sp³-hybridized carbons (Fsp3) is 0.200. The minimum Gasteiger partial charge on any atom is -0.382 e. The van der Waals surface area contributed by atoms with Crippen molar-refractivity contribution in [3.63, 3.8) is 0 Å². The smallest absolute Gasteiger partial charge is 0.295 e. The molecule has 0 saturated carbocycles. The topological polar surface area (TPSA) is 20.2 Å². The molecule has 1 unspecified atom stereocenters. The Hall–Kier alpha value is -1.22. The van der Waals surface area contributed by atoms with Crippen LogP contribution in [0.4, 0.5) is 8.78 Å². The number of hydrogen-bond donors (Lipinski definition) is 1. The van der Waals surface area contributed by atoms with Gasteiger partial charge in [-0.05, 0) is 11.6 Å². The van der Waals surface area contributed by atoms with Gasteiger partial charge in [-0.2, -0.15) is 8.78 Å². The van der Waals surface area contributed by atoms with Crippen LogP contribution in [0.15, 0.2) is 43.0 Å². The van der Waals surface area contributed by atoms with Crippen LogP contribution >= 0.6 is 0 Å². The van der Waals surface area contributed by atoms with E-state index in [0.717, 1.165) is 0 Å². The molecule has 13 heavy (non-hydrogen) atoms. The molecular weight excluding hydrogens is 174 g/mol. The molecule has 0 fully saturated rings. The van der Waals surface area contributed by atoms with E-state index in [1.54, 1.807) is 18.2 Å². The summed E-state index contributed by atoms with van der Waals surface area (Å²) in [6.07, 6.45) is -1.36. The van der Waals surface area contributed by atoms with Gasteiger partial charge in [0.05, 0.1) is 0 Å². The van der Waals surface area contributed by atoms with Crippen LogP contribution in [0.2, 0.25) is 0 Å². The normalized spacial score (nSPS) is 13.8. The van der Waals surface area contributed by atoms with Gasteiger partial charge < -0.3 is 5.11 Å². The van der Waals surface area contributed by atoms with Crippen molar-refractivity contribution in [3.8, 4) is 0 Å². The molecule has 1 aromatic rings. The highest BCUT2D eigenvalue weighted by Crippen LogP contribution is 2.31. The van der Waals surface area contributed by atoms with Gasteiger partial charge in [0, 0.05) is 0 Å². The van der Waals surface area contributed by atoms with E-state index in [1.165, 1.54) is 12.1 Å². The summed E-state index contributed by atoms with van der Waals surface area (Å²) in [5, 5.41) is 9.23. The Kier molecular flexibility index (Phi) is 2.78. The number of rotatable bonds is 3. The van der Waals surface area contributed by atoms with Crippen LogP contribution in [-0.2, 0) is 0 Å². The Morgan fingerprint density at radius 3 is 2.31 bits per heavy atom. The number of benzene rings is 1. The third-order valence-corrected chi connectivity index (χ3v) is 1.75. The molecule has 1 nitrogen and oxygen atoms in total. The van der Waals surface area contributed by atoms with Crippen LogP contribution in [0.5, 0.6) is 0 Å². The van der Waals surface area contributed by atoms with Crippen molar-refractivity contribution in [2.24, 2.45) is 0 Å². The fourth-order valence-corrected chi connectivity index (χ4v) is 0.969. The minimum atomic E-state index is -3.28. The molecule has 0 bridgehead atoms. The predicted molar refractivity (Wildman–Crippen MR) is 46.5 cm³/mol. The Morgan fingerprint density at radius 2 is 1.85 bits per heavy atom. The van der Waals surface area contributed by atoms with Crippen LogP contribution in [0.1, 0.15) is 11.7 Å². The van der Waals surface area contributed by atoms with Crippen LogP contribution < -0.4 is 0 Å². The SMILES string of the molecule is C=CC(F)(F)C(O)c1ccccc1. The highest BCUT2D eigenvalue weighted by atomic mass is 19.3. The Bertz CT molecular complexity index is 282. The Labute approximate surface area is 75.3 Å². The van der Waals surface area contributed by atoms with E-state index < -0.39 is 12.0 Å². The number of hydrogen-bond acceptors (Lipinski definition) is 1. The van der Waals surface area contributed by atoms with Gasteiger partial charge in [0.2, 0.25) is 0 Å². The number of aliphatic hydroxyl groups is 1. The van der Waals surface area contributed by atoms with E-state index in [1.807, 2.05) is 0 Å². The predicted octanol–water partition coefficient (Wildman–Crippen LogP) is 2.54. The van der Waals surface area contributed by atoms with Crippen molar-refractivity contribution in [2.75, 3.05) is 0 Å². The average molecular weight is 184 g/mol. The summed E-state index contributed by atoms with van der Waals surface area (Å²) in [5.74, 6) is -3.28. The lowest BCUT2D eigenvalue weighted by Gasteiger charge is -2.18. The molecule has 3 heteroatoms. The number of alkyl halides is 2. The largest absolute Gasteiger partial charge is 0.382 e. The van der Waals surface area contributed by atoms with Crippen molar-refractivity contribution in [1.82, 2.24) is 0 Å². The van der Waals surface area contributed by atoms with Crippen molar-refractivity contribution >= 4 is 0 Å². The van der Waals surface area contributed by atoms with Crippen LogP contribution in [0.25, 0.3) is 0 Å². The first-order valence-electron chi connectivity index (χ1n) is 3.82. The monoisotopic (exact) mass is 184 g/mol. The van der Waals surface area contributed by atoms with Gasteiger partial charge in [-0.25, -0.2) is 0 Å². The van der Waals surface area contributed by atoms with Gasteiger partial charge >= 0.3 is 0 Å². The van der Waals surface area contributed by atoms with E-state index in [4.69, 9.17) is 0 Å². The summed E-state index contributed by atoms with van der Waals surface area (Å²) in [6.45, 7) is 2.97. The molecule has 0 spiro atoms. The Balaban J connectivity index is 2.91. The average Bonchev–Trinajstić information content (AvgIpc) is 2.18. The maximum absolute atomic E-state index is 12.9. The zero-order valence-electron chi connectivity index (χ0n) is 6.95. The molecule has 0 amide bonds. The first-order chi connectivity index (χ1) is 6.08. The van der Waals surface area contributed by atoms with Gasteiger partial charge in [0.15, 0.2) is 0 Å². The number of halogens is 2. The Morgan fingerprint density at radius 1 is 1.31 bits per heavy atom. The molecule has 0 aromatic heterocycles.